The van der Waals surface area contributed by atoms with Crippen LogP contribution in [0.4, 0.5) is 0 Å². The first-order valence-corrected chi connectivity index (χ1v) is 6.74. The van der Waals surface area contributed by atoms with Gasteiger partial charge in [-0.3, -0.25) is 4.79 Å². The van der Waals surface area contributed by atoms with Gasteiger partial charge in [-0.15, -0.1) is 0 Å². The zero-order valence-corrected chi connectivity index (χ0v) is 12.7. The number of ether oxygens (including phenoxy) is 2. The molecule has 0 unspecified atom stereocenters. The molecule has 0 aliphatic rings. The number of para-hydroxylation sites is 1. The third-order valence-electron chi connectivity index (χ3n) is 3.51. The predicted molar refractivity (Wildman–Crippen MR) is 82.1 cm³/mol. The molecule has 0 spiro atoms. The molecule has 22 heavy (non-hydrogen) atoms. The summed E-state index contributed by atoms with van der Waals surface area (Å²) in [5.74, 6) is 0.0344. The van der Waals surface area contributed by atoms with Crippen molar-refractivity contribution < 1.29 is 24.5 Å². The summed E-state index contributed by atoms with van der Waals surface area (Å²) >= 11 is 0. The van der Waals surface area contributed by atoms with Gasteiger partial charge in [0.05, 0.1) is 14.2 Å². The highest BCUT2D eigenvalue weighted by Gasteiger charge is 2.22. The molecule has 0 amide bonds. The number of benzene rings is 2. The molecule has 0 saturated heterocycles. The molecule has 2 aromatic carbocycles. The summed E-state index contributed by atoms with van der Waals surface area (Å²) in [6.45, 7) is 1.62. The molecule has 2 rings (SSSR count). The largest absolute Gasteiger partial charge is 0.507 e. The molecule has 116 valence electrons. The summed E-state index contributed by atoms with van der Waals surface area (Å²) in [7, 11) is 2.92. The van der Waals surface area contributed by atoms with Crippen molar-refractivity contribution in [2.24, 2.45) is 0 Å². The fourth-order valence-corrected chi connectivity index (χ4v) is 2.37. The van der Waals surface area contributed by atoms with Crippen molar-refractivity contribution in [3.63, 3.8) is 0 Å². The lowest BCUT2D eigenvalue weighted by Crippen LogP contribution is -2.08. The molecule has 0 aliphatic heterocycles. The van der Waals surface area contributed by atoms with Gasteiger partial charge in [0.1, 0.15) is 28.6 Å². The van der Waals surface area contributed by atoms with Gasteiger partial charge < -0.3 is 19.7 Å². The number of methoxy groups -OCH3 is 2. The van der Waals surface area contributed by atoms with Gasteiger partial charge in [-0.2, -0.15) is 0 Å². The monoisotopic (exact) mass is 302 g/mol. The summed E-state index contributed by atoms with van der Waals surface area (Å²) < 4.78 is 10.4. The lowest BCUT2D eigenvalue weighted by Gasteiger charge is -2.14. The van der Waals surface area contributed by atoms with Gasteiger partial charge >= 0.3 is 0 Å². The normalized spacial score (nSPS) is 10.3. The van der Waals surface area contributed by atoms with E-state index >= 15 is 0 Å². The van der Waals surface area contributed by atoms with Gasteiger partial charge in [-0.25, -0.2) is 0 Å². The van der Waals surface area contributed by atoms with Crippen molar-refractivity contribution in [1.29, 1.82) is 0 Å². The predicted octanol–water partition coefficient (Wildman–Crippen LogP) is 2.85. The van der Waals surface area contributed by atoms with E-state index in [1.165, 1.54) is 14.2 Å². The number of carbonyl (C=O) groups excluding carboxylic acids is 1. The average Bonchev–Trinajstić information content (AvgIpc) is 2.50. The summed E-state index contributed by atoms with van der Waals surface area (Å²) in [5.41, 5.74) is 1.18. The van der Waals surface area contributed by atoms with Crippen LogP contribution in [0.15, 0.2) is 30.3 Å². The quantitative estimate of drug-likeness (QED) is 0.831. The van der Waals surface area contributed by atoms with Crippen molar-refractivity contribution in [3.8, 4) is 23.0 Å². The van der Waals surface area contributed by atoms with E-state index < -0.39 is 0 Å². The molecule has 0 atom stereocenters. The number of phenols is 2. The maximum atomic E-state index is 12.6. The summed E-state index contributed by atoms with van der Waals surface area (Å²) in [4.78, 5) is 12.6. The van der Waals surface area contributed by atoms with Crippen molar-refractivity contribution in [2.75, 3.05) is 14.2 Å². The lowest BCUT2D eigenvalue weighted by atomic mass is 9.98. The Labute approximate surface area is 128 Å². The standard InChI is InChI=1S/C17H18O5/c1-10-12(18)9-14(20)16(17(10)22-3)13(19)8-11-6-4-5-7-15(11)21-2/h4-7,9,18,20H,8H2,1-3H3. The van der Waals surface area contributed by atoms with Crippen LogP contribution in [-0.2, 0) is 6.42 Å². The molecule has 2 N–H and O–H groups in total. The molecule has 5 nitrogen and oxygen atoms in total. The number of Topliss-reactive ketones (excluding diaryl/α,β-unsaturated/α-hetero) is 1. The SMILES string of the molecule is COc1ccccc1CC(=O)c1c(O)cc(O)c(C)c1OC. The first-order chi connectivity index (χ1) is 10.5. The van der Waals surface area contributed by atoms with Gasteiger partial charge in [-0.05, 0) is 13.0 Å². The minimum Gasteiger partial charge on any atom is -0.507 e. The molecule has 0 bridgehead atoms. The molecular formula is C17H18O5. The Hall–Kier alpha value is -2.69. The second-order valence-corrected chi connectivity index (χ2v) is 4.86. The molecular weight excluding hydrogens is 284 g/mol. The minimum atomic E-state index is -0.318. The fourth-order valence-electron chi connectivity index (χ4n) is 2.37. The summed E-state index contributed by atoms with van der Waals surface area (Å²) in [6, 6.07) is 8.32. The third kappa shape index (κ3) is 2.83. The molecule has 0 aliphatic carbocycles. The highest BCUT2D eigenvalue weighted by atomic mass is 16.5. The Morgan fingerprint density at radius 2 is 1.77 bits per heavy atom. The molecule has 5 heteroatoms. The average molecular weight is 302 g/mol. The smallest absolute Gasteiger partial charge is 0.174 e. The lowest BCUT2D eigenvalue weighted by molar-refractivity contribution is 0.0986. The van der Waals surface area contributed by atoms with Crippen LogP contribution in [0.3, 0.4) is 0 Å². The van der Waals surface area contributed by atoms with Crippen molar-refractivity contribution >= 4 is 5.78 Å². The van der Waals surface area contributed by atoms with Gasteiger partial charge in [-0.1, -0.05) is 18.2 Å². The second kappa shape index (κ2) is 6.39. The Kier molecular flexibility index (Phi) is 4.56. The van der Waals surface area contributed by atoms with Crippen molar-refractivity contribution in [1.82, 2.24) is 0 Å². The van der Waals surface area contributed by atoms with Gasteiger partial charge in [0, 0.05) is 23.6 Å². The molecule has 0 heterocycles. The second-order valence-electron chi connectivity index (χ2n) is 4.86. The van der Waals surface area contributed by atoms with E-state index in [1.807, 2.05) is 12.1 Å². The van der Waals surface area contributed by atoms with Crippen LogP contribution in [0.25, 0.3) is 0 Å². The van der Waals surface area contributed by atoms with E-state index in [9.17, 15) is 15.0 Å². The summed E-state index contributed by atoms with van der Waals surface area (Å²) in [5, 5.41) is 19.7. The Morgan fingerprint density at radius 3 is 2.41 bits per heavy atom. The van der Waals surface area contributed by atoms with E-state index in [0.29, 0.717) is 16.9 Å². The first-order valence-electron chi connectivity index (χ1n) is 6.74. The van der Waals surface area contributed by atoms with Crippen LogP contribution >= 0.6 is 0 Å². The number of ketones is 1. The van der Waals surface area contributed by atoms with Gasteiger partial charge in [0.15, 0.2) is 5.78 Å². The van der Waals surface area contributed by atoms with E-state index in [4.69, 9.17) is 9.47 Å². The van der Waals surface area contributed by atoms with Crippen LogP contribution in [-0.4, -0.2) is 30.2 Å². The molecule has 0 radical (unpaired) electrons. The highest BCUT2D eigenvalue weighted by molar-refractivity contribution is 6.03. The van der Waals surface area contributed by atoms with Crippen LogP contribution < -0.4 is 9.47 Å². The van der Waals surface area contributed by atoms with Crippen LogP contribution in [0, 0.1) is 6.92 Å². The van der Waals surface area contributed by atoms with Crippen LogP contribution in [0.1, 0.15) is 21.5 Å². The van der Waals surface area contributed by atoms with Crippen LogP contribution in [0.2, 0.25) is 0 Å². The van der Waals surface area contributed by atoms with E-state index in [0.717, 1.165) is 6.07 Å². The first kappa shape index (κ1) is 15.7. The zero-order chi connectivity index (χ0) is 16.3. The fraction of sp³-hybridized carbons (Fsp3) is 0.235. The Morgan fingerprint density at radius 1 is 1.09 bits per heavy atom. The Bertz CT molecular complexity index is 706. The number of rotatable bonds is 5. The van der Waals surface area contributed by atoms with E-state index in [1.54, 1.807) is 19.1 Å². The number of phenolic OH excluding ortho intramolecular Hbond substituents is 2. The maximum Gasteiger partial charge on any atom is 0.174 e. The number of carbonyl (C=O) groups is 1. The Balaban J connectivity index is 2.44. The highest BCUT2D eigenvalue weighted by Crippen LogP contribution is 2.38. The topological polar surface area (TPSA) is 76.0 Å². The van der Waals surface area contributed by atoms with Crippen LogP contribution in [0.5, 0.6) is 23.0 Å². The van der Waals surface area contributed by atoms with E-state index in [2.05, 4.69) is 0 Å². The van der Waals surface area contributed by atoms with E-state index in [-0.39, 0.29) is 35.0 Å². The summed E-state index contributed by atoms with van der Waals surface area (Å²) in [6.07, 6.45) is 0.0537. The molecule has 2 aromatic rings. The zero-order valence-electron chi connectivity index (χ0n) is 12.7. The number of hydrogen-bond donors (Lipinski definition) is 2. The number of hydrogen-bond acceptors (Lipinski definition) is 5. The van der Waals surface area contributed by atoms with Crippen molar-refractivity contribution in [3.05, 3.63) is 47.0 Å². The third-order valence-corrected chi connectivity index (χ3v) is 3.51. The molecule has 0 aromatic heterocycles. The minimum absolute atomic E-state index is 0.0537. The van der Waals surface area contributed by atoms with Crippen molar-refractivity contribution in [2.45, 2.75) is 13.3 Å². The van der Waals surface area contributed by atoms with Gasteiger partial charge in [0.2, 0.25) is 0 Å². The number of aromatic hydroxyl groups is 2. The maximum absolute atomic E-state index is 12.6. The molecule has 0 fully saturated rings. The molecule has 0 saturated carbocycles. The van der Waals surface area contributed by atoms with Gasteiger partial charge in [0.25, 0.3) is 0 Å².